The number of hydrogen-bond acceptors (Lipinski definition) is 4. The van der Waals surface area contributed by atoms with Gasteiger partial charge in [-0.2, -0.15) is 0 Å². The minimum Gasteiger partial charge on any atom is -0.376 e. The van der Waals surface area contributed by atoms with E-state index < -0.39 is 0 Å². The van der Waals surface area contributed by atoms with E-state index in [1.54, 1.807) is 0 Å². The number of amides is 1. The number of nitrogens with zero attached hydrogens (tertiary/aromatic N) is 3. The fourth-order valence-electron chi connectivity index (χ4n) is 3.38. The van der Waals surface area contributed by atoms with Crippen molar-refractivity contribution in [2.45, 2.75) is 38.8 Å². The maximum atomic E-state index is 12.7. The molecule has 2 aliphatic heterocycles. The number of fused-ring (bicyclic) bond motifs is 1. The Labute approximate surface area is 125 Å². The Morgan fingerprint density at radius 3 is 3.10 bits per heavy atom. The molecular weight excluding hydrogens is 268 g/mol. The lowest BCUT2D eigenvalue weighted by Gasteiger charge is -2.20. The molecule has 0 spiro atoms. The highest BCUT2D eigenvalue weighted by Crippen LogP contribution is 2.23. The van der Waals surface area contributed by atoms with Gasteiger partial charge in [0.25, 0.3) is 5.91 Å². The van der Waals surface area contributed by atoms with Crippen LogP contribution in [-0.4, -0.2) is 52.7 Å². The van der Waals surface area contributed by atoms with Crippen LogP contribution in [0.2, 0.25) is 0 Å². The molecule has 0 aliphatic carbocycles. The number of carbonyl (C=O) groups excluding carboxylic acids is 1. The van der Waals surface area contributed by atoms with Crippen LogP contribution in [0.15, 0.2) is 6.20 Å². The molecular formula is C15H24N4O2. The van der Waals surface area contributed by atoms with Crippen LogP contribution in [0.1, 0.15) is 36.1 Å². The Morgan fingerprint density at radius 2 is 2.33 bits per heavy atom. The number of aromatic nitrogens is 2. The predicted molar refractivity (Wildman–Crippen MR) is 79.0 cm³/mol. The molecule has 1 aromatic rings. The third kappa shape index (κ3) is 2.70. The average molecular weight is 292 g/mol. The van der Waals surface area contributed by atoms with Gasteiger partial charge in [-0.05, 0) is 32.7 Å². The number of ether oxygens (including phenoxy) is 1. The summed E-state index contributed by atoms with van der Waals surface area (Å²) in [6.45, 7) is 5.37. The summed E-state index contributed by atoms with van der Waals surface area (Å²) < 4.78 is 7.80. The zero-order valence-corrected chi connectivity index (χ0v) is 12.6. The number of aryl methyl sites for hydroxylation is 1. The van der Waals surface area contributed by atoms with E-state index in [2.05, 4.69) is 9.55 Å². The number of rotatable bonds is 4. The van der Waals surface area contributed by atoms with Gasteiger partial charge in [-0.25, -0.2) is 4.98 Å². The molecule has 6 heteroatoms. The van der Waals surface area contributed by atoms with E-state index in [1.807, 2.05) is 18.0 Å². The molecule has 116 valence electrons. The Kier molecular flexibility index (Phi) is 4.26. The molecule has 0 bridgehead atoms. The van der Waals surface area contributed by atoms with Crippen molar-refractivity contribution in [3.63, 3.8) is 0 Å². The molecule has 2 aliphatic rings. The highest BCUT2D eigenvalue weighted by molar-refractivity contribution is 5.91. The van der Waals surface area contributed by atoms with Crippen molar-refractivity contribution in [1.29, 1.82) is 0 Å². The Bertz CT molecular complexity index is 514. The zero-order valence-electron chi connectivity index (χ0n) is 12.6. The third-order valence-corrected chi connectivity index (χ3v) is 4.55. The summed E-state index contributed by atoms with van der Waals surface area (Å²) in [5.74, 6) is 0.825. The predicted octanol–water partition coefficient (Wildman–Crippen LogP) is 0.655. The molecule has 0 saturated carbocycles. The van der Waals surface area contributed by atoms with Crippen molar-refractivity contribution in [1.82, 2.24) is 14.5 Å². The highest BCUT2D eigenvalue weighted by Gasteiger charge is 2.36. The maximum absolute atomic E-state index is 12.7. The van der Waals surface area contributed by atoms with Gasteiger partial charge in [-0.1, -0.05) is 0 Å². The van der Waals surface area contributed by atoms with Crippen LogP contribution in [0.25, 0.3) is 0 Å². The first kappa shape index (κ1) is 14.5. The van der Waals surface area contributed by atoms with Crippen molar-refractivity contribution in [3.8, 4) is 0 Å². The van der Waals surface area contributed by atoms with Gasteiger partial charge in [-0.15, -0.1) is 0 Å². The Balaban J connectivity index is 1.75. The lowest BCUT2D eigenvalue weighted by Crippen LogP contribution is -2.33. The first-order valence-corrected chi connectivity index (χ1v) is 7.90. The number of carbonyl (C=O) groups is 1. The first-order chi connectivity index (χ1) is 10.2. The van der Waals surface area contributed by atoms with E-state index in [1.165, 1.54) is 12.1 Å². The van der Waals surface area contributed by atoms with Crippen molar-refractivity contribution in [2.75, 3.05) is 26.2 Å². The third-order valence-electron chi connectivity index (χ3n) is 4.55. The van der Waals surface area contributed by atoms with Crippen molar-refractivity contribution >= 4 is 5.91 Å². The standard InChI is InChI=1S/C15H24N4O2/c1-2-21-13-10-18(9-11(13)7-16)15(20)14-17-8-12-5-3-4-6-19(12)14/h8,11,13H,2-7,9-10,16H2,1H3/t11-,13-/m1/s1. The molecule has 3 heterocycles. The van der Waals surface area contributed by atoms with Gasteiger partial charge in [0.15, 0.2) is 5.82 Å². The van der Waals surface area contributed by atoms with E-state index in [-0.39, 0.29) is 17.9 Å². The van der Waals surface area contributed by atoms with E-state index in [0.29, 0.717) is 32.1 Å². The Morgan fingerprint density at radius 1 is 1.48 bits per heavy atom. The molecule has 2 atom stereocenters. The van der Waals surface area contributed by atoms with Gasteiger partial charge in [0, 0.05) is 44.0 Å². The van der Waals surface area contributed by atoms with Crippen molar-refractivity contribution in [3.05, 3.63) is 17.7 Å². The SMILES string of the molecule is CCO[C@@H]1CN(C(=O)c2ncc3n2CCCC3)C[C@H]1CN. The average Bonchev–Trinajstić information content (AvgIpc) is 3.11. The number of imidazole rings is 1. The van der Waals surface area contributed by atoms with Crippen molar-refractivity contribution in [2.24, 2.45) is 11.7 Å². The quantitative estimate of drug-likeness (QED) is 0.884. The van der Waals surface area contributed by atoms with Crippen LogP contribution < -0.4 is 5.73 Å². The summed E-state index contributed by atoms with van der Waals surface area (Å²) in [5, 5.41) is 0. The summed E-state index contributed by atoms with van der Waals surface area (Å²) in [4.78, 5) is 19.0. The second kappa shape index (κ2) is 6.15. The molecule has 3 rings (SSSR count). The lowest BCUT2D eigenvalue weighted by atomic mass is 10.1. The Hall–Kier alpha value is -1.40. The summed E-state index contributed by atoms with van der Waals surface area (Å²) in [5.41, 5.74) is 6.99. The molecule has 0 radical (unpaired) electrons. The number of hydrogen-bond donors (Lipinski definition) is 1. The molecule has 6 nitrogen and oxygen atoms in total. The number of nitrogens with two attached hydrogens (primary N) is 1. The topological polar surface area (TPSA) is 73.4 Å². The molecule has 0 aromatic carbocycles. The summed E-state index contributed by atoms with van der Waals surface area (Å²) >= 11 is 0. The van der Waals surface area contributed by atoms with Gasteiger partial charge in [0.1, 0.15) is 0 Å². The largest absolute Gasteiger partial charge is 0.376 e. The van der Waals surface area contributed by atoms with Crippen LogP contribution in [0.4, 0.5) is 0 Å². The zero-order chi connectivity index (χ0) is 14.8. The highest BCUT2D eigenvalue weighted by atomic mass is 16.5. The van der Waals surface area contributed by atoms with Gasteiger partial charge < -0.3 is 19.9 Å². The fraction of sp³-hybridized carbons (Fsp3) is 0.733. The van der Waals surface area contributed by atoms with Crippen LogP contribution in [0.5, 0.6) is 0 Å². The van der Waals surface area contributed by atoms with E-state index in [9.17, 15) is 4.79 Å². The number of likely N-dealkylation sites (tertiary alicyclic amines) is 1. The van der Waals surface area contributed by atoms with E-state index >= 15 is 0 Å². The monoisotopic (exact) mass is 292 g/mol. The minimum atomic E-state index is 0.0174. The molecule has 1 amide bonds. The second-order valence-corrected chi connectivity index (χ2v) is 5.88. The normalized spacial score (nSPS) is 25.1. The summed E-state index contributed by atoms with van der Waals surface area (Å²) in [7, 11) is 0. The van der Waals surface area contributed by atoms with Gasteiger partial charge >= 0.3 is 0 Å². The fourth-order valence-corrected chi connectivity index (χ4v) is 3.38. The molecule has 0 unspecified atom stereocenters. The minimum absolute atomic E-state index is 0.0174. The van der Waals surface area contributed by atoms with Gasteiger partial charge in [-0.3, -0.25) is 4.79 Å². The molecule has 1 saturated heterocycles. The van der Waals surface area contributed by atoms with Crippen LogP contribution in [0.3, 0.4) is 0 Å². The van der Waals surface area contributed by atoms with Crippen LogP contribution in [0, 0.1) is 5.92 Å². The molecule has 1 aromatic heterocycles. The van der Waals surface area contributed by atoms with Crippen LogP contribution >= 0.6 is 0 Å². The lowest BCUT2D eigenvalue weighted by molar-refractivity contribution is 0.0429. The van der Waals surface area contributed by atoms with Crippen molar-refractivity contribution < 1.29 is 9.53 Å². The molecule has 2 N–H and O–H groups in total. The van der Waals surface area contributed by atoms with E-state index in [4.69, 9.17) is 10.5 Å². The summed E-state index contributed by atoms with van der Waals surface area (Å²) in [6, 6.07) is 0. The van der Waals surface area contributed by atoms with Crippen LogP contribution in [-0.2, 0) is 17.7 Å². The summed E-state index contributed by atoms with van der Waals surface area (Å²) in [6.07, 6.45) is 5.23. The van der Waals surface area contributed by atoms with Gasteiger partial charge in [0.2, 0.25) is 0 Å². The van der Waals surface area contributed by atoms with E-state index in [0.717, 1.165) is 19.4 Å². The first-order valence-electron chi connectivity index (χ1n) is 7.90. The van der Waals surface area contributed by atoms with Gasteiger partial charge in [0.05, 0.1) is 6.10 Å². The molecule has 1 fully saturated rings. The second-order valence-electron chi connectivity index (χ2n) is 5.88. The maximum Gasteiger partial charge on any atom is 0.289 e. The smallest absolute Gasteiger partial charge is 0.289 e. The molecule has 21 heavy (non-hydrogen) atoms.